The fourth-order valence-corrected chi connectivity index (χ4v) is 2.17. The molecule has 2 rings (SSSR count). The maximum absolute atomic E-state index is 11.6. The lowest BCUT2D eigenvalue weighted by Gasteiger charge is -2.05. The average Bonchev–Trinajstić information content (AvgIpc) is 2.68. The van der Waals surface area contributed by atoms with Crippen LogP contribution in [0.2, 0.25) is 0 Å². The molecule has 0 aliphatic carbocycles. The Labute approximate surface area is 110 Å². The van der Waals surface area contributed by atoms with Crippen LogP contribution < -0.4 is 5.32 Å². The molecule has 0 saturated heterocycles. The van der Waals surface area contributed by atoms with Crippen molar-refractivity contribution >= 4 is 22.8 Å². The zero-order chi connectivity index (χ0) is 13.8. The molecule has 0 saturated carbocycles. The first kappa shape index (κ1) is 13.1. The molecule has 2 aromatic rings. The van der Waals surface area contributed by atoms with Crippen molar-refractivity contribution in [2.45, 2.75) is 19.9 Å². The summed E-state index contributed by atoms with van der Waals surface area (Å²) in [5.41, 5.74) is 1.61. The van der Waals surface area contributed by atoms with Crippen LogP contribution in [-0.4, -0.2) is 28.1 Å². The van der Waals surface area contributed by atoms with Crippen LogP contribution in [0, 0.1) is 0 Å². The van der Waals surface area contributed by atoms with E-state index in [0.717, 1.165) is 16.5 Å². The van der Waals surface area contributed by atoms with Gasteiger partial charge >= 0.3 is 5.97 Å². The average molecular weight is 260 g/mol. The number of likely N-dealkylation sites (N-methyl/N-ethyl adjacent to an activating group) is 1. The van der Waals surface area contributed by atoms with Crippen LogP contribution in [0.5, 0.6) is 0 Å². The van der Waals surface area contributed by atoms with Crippen LogP contribution in [0.4, 0.5) is 0 Å². The summed E-state index contributed by atoms with van der Waals surface area (Å²) in [4.78, 5) is 22.5. The smallest absolute Gasteiger partial charge is 0.307 e. The Balaban J connectivity index is 2.38. The predicted molar refractivity (Wildman–Crippen MR) is 72.0 cm³/mol. The quantitative estimate of drug-likeness (QED) is 0.853. The van der Waals surface area contributed by atoms with Crippen LogP contribution in [-0.2, 0) is 22.6 Å². The summed E-state index contributed by atoms with van der Waals surface area (Å²) in [6.45, 7) is 2.65. The highest BCUT2D eigenvalue weighted by atomic mass is 16.4. The minimum Gasteiger partial charge on any atom is -0.481 e. The molecule has 1 aromatic carbocycles. The van der Waals surface area contributed by atoms with E-state index >= 15 is 0 Å². The van der Waals surface area contributed by atoms with Gasteiger partial charge in [-0.15, -0.1) is 0 Å². The molecular weight excluding hydrogens is 244 g/mol. The molecule has 1 amide bonds. The van der Waals surface area contributed by atoms with E-state index in [2.05, 4.69) is 5.32 Å². The van der Waals surface area contributed by atoms with Gasteiger partial charge in [-0.05, 0) is 18.6 Å². The highest BCUT2D eigenvalue weighted by molar-refractivity contribution is 5.89. The number of benzene rings is 1. The number of hydrogen-bond donors (Lipinski definition) is 2. The molecule has 19 heavy (non-hydrogen) atoms. The van der Waals surface area contributed by atoms with Crippen molar-refractivity contribution in [3.63, 3.8) is 0 Å². The van der Waals surface area contributed by atoms with E-state index in [1.807, 2.05) is 31.2 Å². The topological polar surface area (TPSA) is 71.3 Å². The third-order valence-electron chi connectivity index (χ3n) is 2.90. The van der Waals surface area contributed by atoms with Crippen molar-refractivity contribution in [3.05, 3.63) is 36.0 Å². The lowest BCUT2D eigenvalue weighted by molar-refractivity contribution is -0.136. The highest BCUT2D eigenvalue weighted by Crippen LogP contribution is 2.21. The van der Waals surface area contributed by atoms with Gasteiger partial charge in [0.25, 0.3) is 0 Å². The van der Waals surface area contributed by atoms with Crippen LogP contribution >= 0.6 is 0 Å². The Kier molecular flexibility index (Phi) is 3.85. The molecule has 5 nitrogen and oxygen atoms in total. The monoisotopic (exact) mass is 260 g/mol. The number of nitrogens with zero attached hydrogens (tertiary/aromatic N) is 1. The van der Waals surface area contributed by atoms with Crippen LogP contribution in [0.1, 0.15) is 12.5 Å². The van der Waals surface area contributed by atoms with Gasteiger partial charge in [0.15, 0.2) is 0 Å². The zero-order valence-electron chi connectivity index (χ0n) is 10.7. The Morgan fingerprint density at radius 2 is 2.05 bits per heavy atom. The van der Waals surface area contributed by atoms with E-state index in [1.54, 1.807) is 10.8 Å². The van der Waals surface area contributed by atoms with Crippen molar-refractivity contribution in [3.8, 4) is 0 Å². The standard InChI is InChI=1S/C14H16N2O3/c1-2-15-13(17)9-16-8-10(7-14(18)19)11-5-3-4-6-12(11)16/h3-6,8H,2,7,9H2,1H3,(H,15,17)(H,18,19). The summed E-state index contributed by atoms with van der Waals surface area (Å²) in [6.07, 6.45) is 1.71. The first-order valence-electron chi connectivity index (χ1n) is 6.17. The van der Waals surface area contributed by atoms with E-state index in [4.69, 9.17) is 5.11 Å². The van der Waals surface area contributed by atoms with Gasteiger partial charge in [0.1, 0.15) is 6.54 Å². The number of para-hydroxylation sites is 1. The molecule has 0 aliphatic rings. The number of fused-ring (bicyclic) bond motifs is 1. The van der Waals surface area contributed by atoms with Crippen molar-refractivity contribution in [2.24, 2.45) is 0 Å². The second-order valence-electron chi connectivity index (χ2n) is 4.32. The molecular formula is C14H16N2O3. The van der Waals surface area contributed by atoms with E-state index in [1.165, 1.54) is 0 Å². The third-order valence-corrected chi connectivity index (χ3v) is 2.90. The number of carbonyl (C=O) groups excluding carboxylic acids is 1. The molecule has 0 bridgehead atoms. The maximum Gasteiger partial charge on any atom is 0.307 e. The lowest BCUT2D eigenvalue weighted by Crippen LogP contribution is -2.26. The highest BCUT2D eigenvalue weighted by Gasteiger charge is 2.12. The molecule has 1 heterocycles. The summed E-state index contributed by atoms with van der Waals surface area (Å²) in [5.74, 6) is -0.953. The summed E-state index contributed by atoms with van der Waals surface area (Å²) >= 11 is 0. The van der Waals surface area contributed by atoms with Gasteiger partial charge in [0.2, 0.25) is 5.91 Å². The van der Waals surface area contributed by atoms with E-state index < -0.39 is 5.97 Å². The summed E-state index contributed by atoms with van der Waals surface area (Å²) in [6, 6.07) is 7.51. The molecule has 0 atom stereocenters. The Bertz CT molecular complexity index is 616. The molecule has 0 aliphatic heterocycles. The van der Waals surface area contributed by atoms with Gasteiger partial charge in [0.05, 0.1) is 6.42 Å². The number of aromatic nitrogens is 1. The number of nitrogens with one attached hydrogen (secondary N) is 1. The van der Waals surface area contributed by atoms with Crippen LogP contribution in [0.15, 0.2) is 30.5 Å². The van der Waals surface area contributed by atoms with Gasteiger partial charge in [-0.25, -0.2) is 0 Å². The van der Waals surface area contributed by atoms with Crippen LogP contribution in [0.3, 0.4) is 0 Å². The second kappa shape index (κ2) is 5.56. The van der Waals surface area contributed by atoms with E-state index in [-0.39, 0.29) is 18.9 Å². The van der Waals surface area contributed by atoms with Crippen LogP contribution in [0.25, 0.3) is 10.9 Å². The summed E-state index contributed by atoms with van der Waals surface area (Å²) in [5, 5.41) is 12.5. The molecule has 2 N–H and O–H groups in total. The molecule has 0 radical (unpaired) electrons. The minimum atomic E-state index is -0.874. The number of aliphatic carboxylic acids is 1. The summed E-state index contributed by atoms with van der Waals surface area (Å²) in [7, 11) is 0. The number of rotatable bonds is 5. The first-order valence-corrected chi connectivity index (χ1v) is 6.17. The van der Waals surface area contributed by atoms with Crippen molar-refractivity contribution < 1.29 is 14.7 Å². The number of hydrogen-bond acceptors (Lipinski definition) is 2. The maximum atomic E-state index is 11.6. The molecule has 5 heteroatoms. The fraction of sp³-hybridized carbons (Fsp3) is 0.286. The molecule has 100 valence electrons. The molecule has 0 spiro atoms. The van der Waals surface area contributed by atoms with E-state index in [0.29, 0.717) is 6.54 Å². The van der Waals surface area contributed by atoms with Gasteiger partial charge in [-0.2, -0.15) is 0 Å². The van der Waals surface area contributed by atoms with Crippen molar-refractivity contribution in [1.29, 1.82) is 0 Å². The Morgan fingerprint density at radius 3 is 2.74 bits per heavy atom. The fourth-order valence-electron chi connectivity index (χ4n) is 2.17. The van der Waals surface area contributed by atoms with Crippen molar-refractivity contribution in [1.82, 2.24) is 9.88 Å². The number of carboxylic acids is 1. The number of amides is 1. The SMILES string of the molecule is CCNC(=O)Cn1cc(CC(=O)O)c2ccccc21. The number of carboxylic acid groups (broad SMARTS) is 1. The predicted octanol–water partition coefficient (Wildman–Crippen LogP) is 1.40. The summed E-state index contributed by atoms with van der Waals surface area (Å²) < 4.78 is 1.79. The second-order valence-corrected chi connectivity index (χ2v) is 4.32. The Morgan fingerprint density at radius 1 is 1.32 bits per heavy atom. The van der Waals surface area contributed by atoms with Gasteiger partial charge in [-0.1, -0.05) is 18.2 Å². The normalized spacial score (nSPS) is 10.6. The van der Waals surface area contributed by atoms with Gasteiger partial charge in [0, 0.05) is 23.6 Å². The number of carbonyl (C=O) groups is 2. The lowest BCUT2D eigenvalue weighted by atomic mass is 10.1. The zero-order valence-corrected chi connectivity index (χ0v) is 10.7. The first-order chi connectivity index (χ1) is 9.11. The molecule has 0 fully saturated rings. The Hall–Kier alpha value is -2.30. The van der Waals surface area contributed by atoms with E-state index in [9.17, 15) is 9.59 Å². The molecule has 0 unspecified atom stereocenters. The third kappa shape index (κ3) is 2.93. The minimum absolute atomic E-state index is 0.0388. The largest absolute Gasteiger partial charge is 0.481 e. The van der Waals surface area contributed by atoms with Gasteiger partial charge in [-0.3, -0.25) is 9.59 Å². The van der Waals surface area contributed by atoms with Gasteiger partial charge < -0.3 is 15.0 Å². The van der Waals surface area contributed by atoms with Crippen molar-refractivity contribution in [2.75, 3.05) is 6.54 Å². The molecule has 1 aromatic heterocycles.